The number of aldehydes is 1. The topological polar surface area (TPSA) is 66.4 Å². The number of anilines is 1. The van der Waals surface area contributed by atoms with E-state index in [0.717, 1.165) is 59.9 Å². The SMILES string of the molecule is Cc1ccc(NC(=O)C2CC[CH-]CC2)cc1CO.[CH2-]c1c(C)cccc1C=O.[CH3-].[K+]. The van der Waals surface area contributed by atoms with E-state index >= 15 is 0 Å². The molecule has 1 saturated carbocycles. The first kappa shape index (κ1) is 29.0. The maximum atomic E-state index is 12.1. The van der Waals surface area contributed by atoms with Crippen molar-refractivity contribution in [2.24, 2.45) is 5.92 Å². The van der Waals surface area contributed by atoms with Gasteiger partial charge in [-0.3, -0.25) is 4.79 Å². The fourth-order valence-corrected chi connectivity index (χ4v) is 3.19. The van der Waals surface area contributed by atoms with Gasteiger partial charge in [0.25, 0.3) is 0 Å². The Morgan fingerprint density at radius 3 is 2.43 bits per heavy atom. The zero-order valence-corrected chi connectivity index (χ0v) is 21.8. The predicted molar refractivity (Wildman–Crippen MR) is 119 cm³/mol. The van der Waals surface area contributed by atoms with Gasteiger partial charge < -0.3 is 29.1 Å². The second-order valence-electron chi connectivity index (χ2n) is 7.19. The Kier molecular flexibility index (Phi) is 14.5. The van der Waals surface area contributed by atoms with Gasteiger partial charge in [0.15, 0.2) is 0 Å². The van der Waals surface area contributed by atoms with E-state index in [1.165, 1.54) is 0 Å². The Bertz CT molecular complexity index is 814. The van der Waals surface area contributed by atoms with Gasteiger partial charge in [0, 0.05) is 11.6 Å². The third-order valence-corrected chi connectivity index (χ3v) is 5.17. The Morgan fingerprint density at radius 2 is 1.87 bits per heavy atom. The molecule has 1 aliphatic carbocycles. The van der Waals surface area contributed by atoms with Crippen molar-refractivity contribution in [1.29, 1.82) is 0 Å². The number of hydrogen-bond donors (Lipinski definition) is 2. The smallest absolute Gasteiger partial charge is 0.392 e. The molecule has 1 aliphatic rings. The molecular formula is C25H32KNO3-2. The molecule has 1 fully saturated rings. The quantitative estimate of drug-likeness (QED) is 0.442. The van der Waals surface area contributed by atoms with E-state index in [4.69, 9.17) is 0 Å². The number of carbonyl (C=O) groups is 2. The summed E-state index contributed by atoms with van der Waals surface area (Å²) >= 11 is 0. The van der Waals surface area contributed by atoms with Crippen LogP contribution in [-0.2, 0) is 11.4 Å². The monoisotopic (exact) mass is 433 g/mol. The molecule has 3 rings (SSSR count). The van der Waals surface area contributed by atoms with Crippen LogP contribution in [0.4, 0.5) is 5.69 Å². The normalized spacial score (nSPS) is 13.0. The fraction of sp³-hybridized carbons (Fsp3) is 0.320. The third kappa shape index (κ3) is 8.65. The van der Waals surface area contributed by atoms with Crippen molar-refractivity contribution in [2.75, 3.05) is 5.32 Å². The first-order chi connectivity index (χ1) is 13.5. The van der Waals surface area contributed by atoms with Gasteiger partial charge in [-0.2, -0.15) is 30.9 Å². The van der Waals surface area contributed by atoms with Crippen LogP contribution < -0.4 is 56.7 Å². The van der Waals surface area contributed by atoms with Crippen LogP contribution in [0.2, 0.25) is 0 Å². The molecule has 0 aliphatic heterocycles. The van der Waals surface area contributed by atoms with Gasteiger partial charge in [-0.1, -0.05) is 37.5 Å². The molecule has 0 bridgehead atoms. The average molecular weight is 434 g/mol. The number of aliphatic hydroxyl groups excluding tert-OH is 1. The first-order valence-electron chi connectivity index (χ1n) is 9.66. The van der Waals surface area contributed by atoms with Crippen LogP contribution in [-0.4, -0.2) is 17.3 Å². The summed E-state index contributed by atoms with van der Waals surface area (Å²) in [5.74, 6) is 0.240. The molecule has 2 aromatic carbocycles. The van der Waals surface area contributed by atoms with Gasteiger partial charge in [0.2, 0.25) is 5.91 Å². The van der Waals surface area contributed by atoms with Gasteiger partial charge in [-0.15, -0.1) is 12.1 Å². The number of rotatable bonds is 4. The molecule has 0 aromatic heterocycles. The summed E-state index contributed by atoms with van der Waals surface area (Å²) < 4.78 is 0. The van der Waals surface area contributed by atoms with E-state index in [0.29, 0.717) is 5.56 Å². The number of carbonyl (C=O) groups excluding carboxylic acids is 2. The van der Waals surface area contributed by atoms with Gasteiger partial charge in [-0.25, -0.2) is 0 Å². The molecule has 1 amide bonds. The third-order valence-electron chi connectivity index (χ3n) is 5.17. The summed E-state index contributed by atoms with van der Waals surface area (Å²) in [5, 5.41) is 12.2. The maximum absolute atomic E-state index is 12.1. The van der Waals surface area contributed by atoms with E-state index in [9.17, 15) is 14.7 Å². The Balaban J connectivity index is 0.000000604. The zero-order chi connectivity index (χ0) is 20.5. The number of hydrogen-bond acceptors (Lipinski definition) is 3. The minimum atomic E-state index is 0. The number of aliphatic hydroxyl groups is 1. The fourth-order valence-electron chi connectivity index (χ4n) is 3.19. The van der Waals surface area contributed by atoms with Crippen LogP contribution >= 0.6 is 0 Å². The second-order valence-corrected chi connectivity index (χ2v) is 7.19. The molecule has 0 heterocycles. The van der Waals surface area contributed by atoms with Crippen molar-refractivity contribution >= 4 is 17.9 Å². The minimum absolute atomic E-state index is 0. The summed E-state index contributed by atoms with van der Waals surface area (Å²) in [4.78, 5) is 22.4. The summed E-state index contributed by atoms with van der Waals surface area (Å²) in [6, 6.07) is 11.2. The Hall–Kier alpha value is -0.954. The molecule has 0 saturated heterocycles. The maximum Gasteiger partial charge on any atom is 1.00 e. The molecule has 2 aromatic rings. The van der Waals surface area contributed by atoms with Crippen molar-refractivity contribution in [3.8, 4) is 0 Å². The minimum Gasteiger partial charge on any atom is -0.392 e. The van der Waals surface area contributed by atoms with E-state index in [1.54, 1.807) is 6.07 Å². The molecule has 5 heteroatoms. The van der Waals surface area contributed by atoms with Crippen molar-refractivity contribution in [3.05, 3.63) is 85.0 Å². The summed E-state index contributed by atoms with van der Waals surface area (Å²) in [6.07, 6.45) is 7.05. The van der Waals surface area contributed by atoms with Crippen LogP contribution in [0, 0.1) is 40.5 Å². The summed E-state index contributed by atoms with van der Waals surface area (Å²) in [5.41, 5.74) is 5.26. The largest absolute Gasteiger partial charge is 1.00 e. The van der Waals surface area contributed by atoms with Crippen LogP contribution in [0.1, 0.15) is 58.3 Å². The van der Waals surface area contributed by atoms with Gasteiger partial charge in [0.05, 0.1) is 12.9 Å². The van der Waals surface area contributed by atoms with Crippen LogP contribution in [0.5, 0.6) is 0 Å². The zero-order valence-electron chi connectivity index (χ0n) is 18.7. The van der Waals surface area contributed by atoms with Gasteiger partial charge in [-0.05, 0) is 30.2 Å². The van der Waals surface area contributed by atoms with Crippen LogP contribution in [0.15, 0.2) is 36.4 Å². The molecular weight excluding hydrogens is 401 g/mol. The summed E-state index contributed by atoms with van der Waals surface area (Å²) in [7, 11) is 0. The van der Waals surface area contributed by atoms with Crippen molar-refractivity contribution in [1.82, 2.24) is 0 Å². The van der Waals surface area contributed by atoms with Crippen molar-refractivity contribution in [3.63, 3.8) is 0 Å². The van der Waals surface area contributed by atoms with E-state index < -0.39 is 0 Å². The van der Waals surface area contributed by atoms with Crippen molar-refractivity contribution < 1.29 is 66.1 Å². The standard InChI is InChI=1S/C15H20NO2.C9H9O.CH3.K/c1-11-7-8-14(9-13(11)10-17)16-15(18)12-5-3-2-4-6-12;1-7-4-3-5-9(6-10)8(7)2;;/h2,7-9,12,17H,3-6,10H2,1H3,(H,16,18);3-6H,2H2,1H3;1H3;/q3*-1;+1. The number of nitrogens with one attached hydrogen (secondary N) is 1. The molecule has 0 radical (unpaired) electrons. The van der Waals surface area contributed by atoms with E-state index in [2.05, 4.69) is 18.7 Å². The molecule has 4 nitrogen and oxygen atoms in total. The van der Waals surface area contributed by atoms with Crippen LogP contribution in [0.3, 0.4) is 0 Å². The predicted octanol–water partition coefficient (Wildman–Crippen LogP) is 2.26. The van der Waals surface area contributed by atoms with Crippen LogP contribution in [0.25, 0.3) is 0 Å². The van der Waals surface area contributed by atoms with E-state index in [1.807, 2.05) is 44.2 Å². The van der Waals surface area contributed by atoms with Crippen molar-refractivity contribution in [2.45, 2.75) is 46.1 Å². The van der Waals surface area contributed by atoms with E-state index in [-0.39, 0.29) is 77.2 Å². The first-order valence-corrected chi connectivity index (χ1v) is 9.66. The number of amides is 1. The molecule has 0 atom stereocenters. The molecule has 30 heavy (non-hydrogen) atoms. The molecule has 2 N–H and O–H groups in total. The number of benzene rings is 2. The number of aryl methyl sites for hydroxylation is 2. The second kappa shape index (κ2) is 14.9. The molecule has 0 unspecified atom stereocenters. The Morgan fingerprint density at radius 1 is 1.20 bits per heavy atom. The van der Waals surface area contributed by atoms with Gasteiger partial charge in [0.1, 0.15) is 0 Å². The molecule has 158 valence electrons. The average Bonchev–Trinajstić information content (AvgIpc) is 2.72. The summed E-state index contributed by atoms with van der Waals surface area (Å²) in [6.45, 7) is 7.66. The molecule has 0 spiro atoms. The van der Waals surface area contributed by atoms with Gasteiger partial charge >= 0.3 is 51.4 Å². The Labute approximate surface area is 224 Å².